The molecule has 108 valence electrons. The van der Waals surface area contributed by atoms with Gasteiger partial charge in [0.1, 0.15) is 0 Å². The summed E-state index contributed by atoms with van der Waals surface area (Å²) in [6, 6.07) is 0.471. The van der Waals surface area contributed by atoms with Gasteiger partial charge in [0.15, 0.2) is 0 Å². The molecule has 3 aliphatic carbocycles. The fourth-order valence-electron chi connectivity index (χ4n) is 4.84. The van der Waals surface area contributed by atoms with Crippen LogP contribution < -0.4 is 10.6 Å². The molecule has 3 saturated carbocycles. The van der Waals surface area contributed by atoms with Gasteiger partial charge in [-0.05, 0) is 70.1 Å². The van der Waals surface area contributed by atoms with Crippen molar-refractivity contribution in [3.05, 3.63) is 0 Å². The highest BCUT2D eigenvalue weighted by Gasteiger charge is 2.53. The number of hydrogen-bond acceptors (Lipinski definition) is 2. The largest absolute Gasteiger partial charge is 0.352 e. The third kappa shape index (κ3) is 2.67. The van der Waals surface area contributed by atoms with Crippen LogP contribution >= 0.6 is 0 Å². The predicted octanol–water partition coefficient (Wildman–Crippen LogP) is 2.32. The first-order chi connectivity index (χ1) is 8.94. The van der Waals surface area contributed by atoms with Crippen LogP contribution in [0.25, 0.3) is 0 Å². The molecule has 0 aliphatic heterocycles. The van der Waals surface area contributed by atoms with Crippen molar-refractivity contribution in [3.8, 4) is 0 Å². The van der Waals surface area contributed by atoms with E-state index in [1.165, 1.54) is 32.1 Å². The molecular formula is C16H28N2O. The number of amides is 1. The lowest BCUT2D eigenvalue weighted by atomic mass is 9.79. The zero-order valence-corrected chi connectivity index (χ0v) is 12.5. The quantitative estimate of drug-likeness (QED) is 0.821. The summed E-state index contributed by atoms with van der Waals surface area (Å²) in [6.45, 7) is 6.74. The maximum Gasteiger partial charge on any atom is 0.234 e. The van der Waals surface area contributed by atoms with Crippen LogP contribution in [0.15, 0.2) is 0 Å². The molecule has 0 aromatic carbocycles. The summed E-state index contributed by atoms with van der Waals surface area (Å²) >= 11 is 0. The van der Waals surface area contributed by atoms with Gasteiger partial charge in [0.05, 0.1) is 6.54 Å². The lowest BCUT2D eigenvalue weighted by Crippen LogP contribution is -2.48. The van der Waals surface area contributed by atoms with E-state index in [0.29, 0.717) is 12.6 Å². The average Bonchev–Trinajstić information content (AvgIpc) is 2.96. The highest BCUT2D eigenvalue weighted by molar-refractivity contribution is 5.78. The Balaban J connectivity index is 1.51. The first-order valence-corrected chi connectivity index (χ1v) is 7.98. The van der Waals surface area contributed by atoms with Crippen molar-refractivity contribution in [1.29, 1.82) is 0 Å². The molecule has 0 aromatic rings. The average molecular weight is 264 g/mol. The summed E-state index contributed by atoms with van der Waals surface area (Å²) in [5.74, 6) is 3.82. The molecule has 5 atom stereocenters. The summed E-state index contributed by atoms with van der Waals surface area (Å²) in [6.07, 6.45) is 6.92. The molecule has 3 fully saturated rings. The van der Waals surface area contributed by atoms with Crippen LogP contribution in [0.5, 0.6) is 0 Å². The highest BCUT2D eigenvalue weighted by atomic mass is 16.2. The smallest absolute Gasteiger partial charge is 0.234 e. The molecule has 0 heterocycles. The predicted molar refractivity (Wildman–Crippen MR) is 76.7 cm³/mol. The number of hydrogen-bond donors (Lipinski definition) is 2. The van der Waals surface area contributed by atoms with Crippen molar-refractivity contribution in [2.45, 2.75) is 64.5 Å². The first-order valence-electron chi connectivity index (χ1n) is 7.98. The van der Waals surface area contributed by atoms with Crippen molar-refractivity contribution in [2.24, 2.45) is 23.7 Å². The summed E-state index contributed by atoms with van der Waals surface area (Å²) in [5.41, 5.74) is 0.0164. The van der Waals surface area contributed by atoms with Crippen LogP contribution in [0.2, 0.25) is 0 Å². The summed E-state index contributed by atoms with van der Waals surface area (Å²) < 4.78 is 0. The van der Waals surface area contributed by atoms with Gasteiger partial charge in [0.25, 0.3) is 0 Å². The maximum atomic E-state index is 12.0. The van der Waals surface area contributed by atoms with Gasteiger partial charge in [-0.3, -0.25) is 4.79 Å². The molecule has 0 spiro atoms. The Kier molecular flexibility index (Phi) is 3.36. The molecule has 0 aromatic heterocycles. The Morgan fingerprint density at radius 2 is 1.84 bits per heavy atom. The zero-order valence-electron chi connectivity index (χ0n) is 12.5. The van der Waals surface area contributed by atoms with E-state index in [1.54, 1.807) is 0 Å². The van der Waals surface area contributed by atoms with E-state index in [0.717, 1.165) is 23.7 Å². The molecule has 2 bridgehead atoms. The summed E-state index contributed by atoms with van der Waals surface area (Å²) in [4.78, 5) is 12.0. The molecule has 3 rings (SSSR count). The van der Waals surface area contributed by atoms with Gasteiger partial charge in [-0.15, -0.1) is 0 Å². The van der Waals surface area contributed by atoms with E-state index in [4.69, 9.17) is 0 Å². The molecule has 1 amide bonds. The molecule has 3 nitrogen and oxygen atoms in total. The second kappa shape index (κ2) is 4.76. The van der Waals surface area contributed by atoms with Gasteiger partial charge >= 0.3 is 0 Å². The Bertz CT molecular complexity index is 360. The fraction of sp³-hybridized carbons (Fsp3) is 0.938. The maximum absolute atomic E-state index is 12.0. The van der Waals surface area contributed by atoms with Crippen LogP contribution in [0.1, 0.15) is 52.9 Å². The Labute approximate surface area is 116 Å². The minimum atomic E-state index is 0.0164. The van der Waals surface area contributed by atoms with Gasteiger partial charge in [0, 0.05) is 11.6 Å². The molecule has 0 saturated heterocycles. The van der Waals surface area contributed by atoms with E-state index in [2.05, 4.69) is 31.4 Å². The topological polar surface area (TPSA) is 41.1 Å². The molecule has 19 heavy (non-hydrogen) atoms. The van der Waals surface area contributed by atoms with Crippen LogP contribution in [-0.4, -0.2) is 24.0 Å². The summed E-state index contributed by atoms with van der Waals surface area (Å²) in [7, 11) is 0. The monoisotopic (exact) mass is 264 g/mol. The fourth-order valence-corrected chi connectivity index (χ4v) is 4.84. The van der Waals surface area contributed by atoms with E-state index in [9.17, 15) is 4.79 Å². The lowest BCUT2D eigenvalue weighted by molar-refractivity contribution is -0.121. The molecule has 2 N–H and O–H groups in total. The van der Waals surface area contributed by atoms with Gasteiger partial charge in [0.2, 0.25) is 5.91 Å². The second-order valence-electron chi connectivity index (χ2n) is 7.93. The number of carbonyl (C=O) groups is 1. The second-order valence-corrected chi connectivity index (χ2v) is 7.93. The van der Waals surface area contributed by atoms with Crippen LogP contribution in [0, 0.1) is 23.7 Å². The van der Waals surface area contributed by atoms with Crippen molar-refractivity contribution in [3.63, 3.8) is 0 Å². The number of nitrogens with one attached hydrogen (secondary N) is 2. The zero-order chi connectivity index (χ0) is 13.6. The minimum Gasteiger partial charge on any atom is -0.352 e. The van der Waals surface area contributed by atoms with E-state index >= 15 is 0 Å². The standard InChI is InChI=1S/C16H28N2O/c1-16(2,3)17-9-15(19)18-14-8-10-7-13(14)12-6-4-5-11(10)12/h10-14,17H,4-9H2,1-3H3,(H,18,19). The number of rotatable bonds is 3. The molecule has 3 heteroatoms. The Morgan fingerprint density at radius 1 is 1.11 bits per heavy atom. The number of fused-ring (bicyclic) bond motifs is 5. The molecule has 3 aliphatic rings. The van der Waals surface area contributed by atoms with E-state index < -0.39 is 0 Å². The van der Waals surface area contributed by atoms with Gasteiger partial charge < -0.3 is 10.6 Å². The van der Waals surface area contributed by atoms with Crippen molar-refractivity contribution < 1.29 is 4.79 Å². The third-order valence-electron chi connectivity index (χ3n) is 5.55. The number of carbonyl (C=O) groups excluding carboxylic acids is 1. The van der Waals surface area contributed by atoms with Crippen molar-refractivity contribution in [2.75, 3.05) is 6.54 Å². The normalized spacial score (nSPS) is 40.5. The Morgan fingerprint density at radius 3 is 2.58 bits per heavy atom. The van der Waals surface area contributed by atoms with Crippen molar-refractivity contribution in [1.82, 2.24) is 10.6 Å². The van der Waals surface area contributed by atoms with E-state index in [1.807, 2.05) is 0 Å². The lowest BCUT2D eigenvalue weighted by Gasteiger charge is -2.32. The van der Waals surface area contributed by atoms with Crippen LogP contribution in [0.4, 0.5) is 0 Å². The third-order valence-corrected chi connectivity index (χ3v) is 5.55. The first kappa shape index (κ1) is 13.4. The Hall–Kier alpha value is -0.570. The summed E-state index contributed by atoms with van der Waals surface area (Å²) in [5, 5.41) is 6.57. The minimum absolute atomic E-state index is 0.0164. The van der Waals surface area contributed by atoms with Crippen LogP contribution in [-0.2, 0) is 4.79 Å². The molecule has 0 radical (unpaired) electrons. The molecule has 5 unspecified atom stereocenters. The van der Waals surface area contributed by atoms with Gasteiger partial charge in [-0.1, -0.05) is 6.42 Å². The molecular weight excluding hydrogens is 236 g/mol. The SMILES string of the molecule is CC(C)(C)NCC(=O)NC1CC2CC1C1CCCC21. The van der Waals surface area contributed by atoms with Gasteiger partial charge in [-0.25, -0.2) is 0 Å². The van der Waals surface area contributed by atoms with E-state index in [-0.39, 0.29) is 11.4 Å². The van der Waals surface area contributed by atoms with Crippen molar-refractivity contribution >= 4 is 5.91 Å². The highest BCUT2D eigenvalue weighted by Crippen LogP contribution is 2.58. The van der Waals surface area contributed by atoms with Gasteiger partial charge in [-0.2, -0.15) is 0 Å². The van der Waals surface area contributed by atoms with Crippen LogP contribution in [0.3, 0.4) is 0 Å².